The SMILES string of the molecule is CC1Cc2c([nH]c3ccccc23)CN1CC(F)(F)CO.ClCc1nc2ccccc2o1. The maximum Gasteiger partial charge on any atom is 0.283 e. The maximum atomic E-state index is 13.4. The fourth-order valence-electron chi connectivity index (χ4n) is 3.94. The van der Waals surface area contributed by atoms with Gasteiger partial charge in [-0.2, -0.15) is 0 Å². The summed E-state index contributed by atoms with van der Waals surface area (Å²) in [5.74, 6) is -2.14. The van der Waals surface area contributed by atoms with Crippen LogP contribution in [0.4, 0.5) is 8.78 Å². The lowest BCUT2D eigenvalue weighted by Crippen LogP contribution is -2.46. The maximum absolute atomic E-state index is 13.4. The Bertz CT molecular complexity index is 1140. The van der Waals surface area contributed by atoms with Gasteiger partial charge in [-0.3, -0.25) is 4.90 Å². The minimum absolute atomic E-state index is 0.0409. The molecule has 2 aromatic carbocycles. The van der Waals surface area contributed by atoms with E-state index in [1.165, 1.54) is 10.9 Å². The van der Waals surface area contributed by atoms with Crippen LogP contribution in [0.25, 0.3) is 22.0 Å². The predicted molar refractivity (Wildman–Crippen MR) is 117 cm³/mol. The molecule has 1 aliphatic heterocycles. The molecule has 5 rings (SSSR count). The lowest BCUT2D eigenvalue weighted by molar-refractivity contribution is -0.0819. The van der Waals surface area contributed by atoms with E-state index >= 15 is 0 Å². The van der Waals surface area contributed by atoms with Gasteiger partial charge in [-0.05, 0) is 37.1 Å². The number of aromatic amines is 1. The fraction of sp³-hybridized carbons (Fsp3) is 0.348. The van der Waals surface area contributed by atoms with Gasteiger partial charge in [0.1, 0.15) is 12.1 Å². The third kappa shape index (κ3) is 4.74. The molecule has 1 aliphatic rings. The number of nitrogens with zero attached hydrogens (tertiary/aromatic N) is 2. The van der Waals surface area contributed by atoms with Gasteiger partial charge in [0, 0.05) is 29.2 Å². The van der Waals surface area contributed by atoms with E-state index in [4.69, 9.17) is 21.1 Å². The molecule has 3 heterocycles. The number of halogens is 3. The summed E-state index contributed by atoms with van der Waals surface area (Å²) in [6.45, 7) is 0.925. The summed E-state index contributed by atoms with van der Waals surface area (Å²) in [7, 11) is 0. The Morgan fingerprint density at radius 2 is 1.97 bits per heavy atom. The van der Waals surface area contributed by atoms with E-state index in [0.29, 0.717) is 18.3 Å². The fourth-order valence-corrected chi connectivity index (χ4v) is 4.06. The molecule has 1 atom stereocenters. The number of para-hydroxylation sites is 3. The van der Waals surface area contributed by atoms with Gasteiger partial charge in [0.2, 0.25) is 5.89 Å². The highest BCUT2D eigenvalue weighted by molar-refractivity contribution is 6.16. The molecular weight excluding hydrogens is 424 g/mol. The number of H-pyrrole nitrogens is 1. The Kier molecular flexibility index (Phi) is 6.27. The van der Waals surface area contributed by atoms with E-state index in [9.17, 15) is 8.78 Å². The topological polar surface area (TPSA) is 65.3 Å². The molecule has 0 bridgehead atoms. The number of aromatic nitrogens is 2. The predicted octanol–water partition coefficient (Wildman–Crippen LogP) is 5.11. The van der Waals surface area contributed by atoms with Crippen molar-refractivity contribution in [3.63, 3.8) is 0 Å². The normalized spacial score (nSPS) is 16.9. The first-order chi connectivity index (χ1) is 14.9. The van der Waals surface area contributed by atoms with Gasteiger partial charge in [0.05, 0.1) is 12.4 Å². The van der Waals surface area contributed by atoms with Crippen molar-refractivity contribution in [1.82, 2.24) is 14.9 Å². The van der Waals surface area contributed by atoms with Crippen LogP contribution in [-0.2, 0) is 18.8 Å². The molecule has 0 fully saturated rings. The van der Waals surface area contributed by atoms with E-state index < -0.39 is 19.1 Å². The zero-order valence-electron chi connectivity index (χ0n) is 17.1. The number of rotatable bonds is 4. The number of aliphatic hydroxyl groups is 1. The Hall–Kier alpha value is -2.48. The van der Waals surface area contributed by atoms with Crippen LogP contribution in [0.1, 0.15) is 24.1 Å². The third-order valence-corrected chi connectivity index (χ3v) is 5.73. The van der Waals surface area contributed by atoms with Gasteiger partial charge in [0.25, 0.3) is 5.92 Å². The summed E-state index contributed by atoms with van der Waals surface area (Å²) in [5.41, 5.74) is 4.96. The number of hydrogen-bond acceptors (Lipinski definition) is 4. The molecule has 2 N–H and O–H groups in total. The van der Waals surface area contributed by atoms with Gasteiger partial charge in [-0.15, -0.1) is 11.6 Å². The monoisotopic (exact) mass is 447 g/mol. The molecule has 31 heavy (non-hydrogen) atoms. The van der Waals surface area contributed by atoms with Crippen molar-refractivity contribution in [2.75, 3.05) is 13.2 Å². The molecule has 0 amide bonds. The van der Waals surface area contributed by atoms with E-state index in [2.05, 4.69) is 16.0 Å². The number of aliphatic hydroxyl groups excluding tert-OH is 1. The van der Waals surface area contributed by atoms with Crippen LogP contribution >= 0.6 is 11.6 Å². The van der Waals surface area contributed by atoms with Crippen molar-refractivity contribution in [3.8, 4) is 0 Å². The highest BCUT2D eigenvalue weighted by atomic mass is 35.5. The van der Waals surface area contributed by atoms with Crippen molar-refractivity contribution >= 4 is 33.6 Å². The van der Waals surface area contributed by atoms with Crippen LogP contribution in [0.3, 0.4) is 0 Å². The molecule has 164 valence electrons. The van der Waals surface area contributed by atoms with E-state index in [1.54, 1.807) is 4.90 Å². The molecule has 4 aromatic rings. The molecule has 0 saturated carbocycles. The molecule has 0 radical (unpaired) electrons. The Morgan fingerprint density at radius 3 is 2.71 bits per heavy atom. The highest BCUT2D eigenvalue weighted by Gasteiger charge is 2.35. The number of oxazole rings is 1. The average molecular weight is 448 g/mol. The number of alkyl halides is 3. The number of benzene rings is 2. The van der Waals surface area contributed by atoms with Crippen LogP contribution in [-0.4, -0.2) is 45.1 Å². The summed E-state index contributed by atoms with van der Waals surface area (Å²) in [5, 5.41) is 9.92. The van der Waals surface area contributed by atoms with Gasteiger partial charge < -0.3 is 14.5 Å². The quantitative estimate of drug-likeness (QED) is 0.427. The smallest absolute Gasteiger partial charge is 0.283 e. The minimum atomic E-state index is -3.04. The van der Waals surface area contributed by atoms with Crippen LogP contribution in [0.2, 0.25) is 0 Å². The molecule has 0 saturated heterocycles. The van der Waals surface area contributed by atoms with E-state index in [1.807, 2.05) is 49.4 Å². The number of hydrogen-bond donors (Lipinski definition) is 2. The first-order valence-electron chi connectivity index (χ1n) is 10.1. The number of fused-ring (bicyclic) bond motifs is 4. The summed E-state index contributed by atoms with van der Waals surface area (Å²) in [4.78, 5) is 9.18. The van der Waals surface area contributed by atoms with Gasteiger partial charge in [0.15, 0.2) is 5.58 Å². The van der Waals surface area contributed by atoms with Crippen molar-refractivity contribution in [3.05, 3.63) is 65.7 Å². The second kappa shape index (κ2) is 8.94. The van der Waals surface area contributed by atoms with E-state index in [-0.39, 0.29) is 6.04 Å². The molecule has 1 unspecified atom stereocenters. The molecule has 2 aromatic heterocycles. The van der Waals surface area contributed by atoms with Gasteiger partial charge in [-0.1, -0.05) is 30.3 Å². The zero-order valence-corrected chi connectivity index (χ0v) is 17.9. The van der Waals surface area contributed by atoms with E-state index in [0.717, 1.165) is 28.7 Å². The lowest BCUT2D eigenvalue weighted by Gasteiger charge is -2.35. The summed E-state index contributed by atoms with van der Waals surface area (Å²) >= 11 is 5.54. The average Bonchev–Trinajstić information content (AvgIpc) is 3.35. The largest absolute Gasteiger partial charge is 0.439 e. The van der Waals surface area contributed by atoms with Crippen LogP contribution in [0, 0.1) is 0 Å². The third-order valence-electron chi connectivity index (χ3n) is 5.50. The molecule has 0 spiro atoms. The summed E-state index contributed by atoms with van der Waals surface area (Å²) in [6.07, 6.45) is 0.751. The Balaban J connectivity index is 0.000000177. The number of nitrogens with one attached hydrogen (secondary N) is 1. The molecule has 8 heteroatoms. The highest BCUT2D eigenvalue weighted by Crippen LogP contribution is 2.31. The second-order valence-electron chi connectivity index (χ2n) is 7.81. The molecular formula is C23H24ClF2N3O2. The minimum Gasteiger partial charge on any atom is -0.439 e. The Labute approximate surface area is 183 Å². The second-order valence-corrected chi connectivity index (χ2v) is 8.08. The first kappa shape index (κ1) is 21.7. The van der Waals surface area contributed by atoms with Crippen molar-refractivity contribution in [2.45, 2.75) is 37.7 Å². The lowest BCUT2D eigenvalue weighted by atomic mass is 9.97. The Morgan fingerprint density at radius 1 is 1.23 bits per heavy atom. The van der Waals surface area contributed by atoms with Crippen LogP contribution < -0.4 is 0 Å². The van der Waals surface area contributed by atoms with Crippen molar-refractivity contribution in [1.29, 1.82) is 0 Å². The first-order valence-corrected chi connectivity index (χ1v) is 10.7. The van der Waals surface area contributed by atoms with Gasteiger partial charge in [-0.25, -0.2) is 13.8 Å². The molecule has 5 nitrogen and oxygen atoms in total. The standard InChI is InChI=1S/C15H18F2N2O.C8H6ClNO/c1-10-6-12-11-4-2-3-5-13(11)18-14(12)7-19(10)8-15(16,17)9-20;9-5-8-10-6-3-1-2-4-7(6)11-8/h2-5,10,18,20H,6-9H2,1H3;1-4H,5H2. The van der Waals surface area contributed by atoms with Crippen molar-refractivity contribution in [2.24, 2.45) is 0 Å². The van der Waals surface area contributed by atoms with Crippen LogP contribution in [0.5, 0.6) is 0 Å². The zero-order chi connectivity index (χ0) is 22.0. The summed E-state index contributed by atoms with van der Waals surface area (Å²) in [6, 6.07) is 15.7. The molecule has 0 aliphatic carbocycles. The van der Waals surface area contributed by atoms with Gasteiger partial charge >= 0.3 is 0 Å². The summed E-state index contributed by atoms with van der Waals surface area (Å²) < 4.78 is 32.1. The van der Waals surface area contributed by atoms with Crippen LogP contribution in [0.15, 0.2) is 52.9 Å². The van der Waals surface area contributed by atoms with Crippen molar-refractivity contribution < 1.29 is 18.3 Å².